The van der Waals surface area contributed by atoms with Gasteiger partial charge in [0.05, 0.1) is 0 Å². The molecule has 0 aliphatic heterocycles. The standard InChI is InChI=1S/C18H22O/c1-13(2)14(3)11-15-9-10-18(19)17(12-15)16-7-5-4-6-8-16/h4-10,12-14,19H,11H2,1-3H3. The van der Waals surface area contributed by atoms with Crippen LogP contribution in [-0.4, -0.2) is 5.11 Å². The molecule has 1 nitrogen and oxygen atoms in total. The summed E-state index contributed by atoms with van der Waals surface area (Å²) < 4.78 is 0. The van der Waals surface area contributed by atoms with Gasteiger partial charge in [-0.25, -0.2) is 0 Å². The van der Waals surface area contributed by atoms with E-state index in [1.54, 1.807) is 0 Å². The molecule has 0 saturated heterocycles. The molecule has 2 rings (SSSR count). The van der Waals surface area contributed by atoms with Gasteiger partial charge in [-0.3, -0.25) is 0 Å². The molecule has 0 aromatic heterocycles. The fraction of sp³-hybridized carbons (Fsp3) is 0.333. The van der Waals surface area contributed by atoms with Crippen LogP contribution in [-0.2, 0) is 6.42 Å². The zero-order valence-corrected chi connectivity index (χ0v) is 11.9. The number of hydrogen-bond acceptors (Lipinski definition) is 1. The minimum atomic E-state index is 0.354. The molecule has 100 valence electrons. The third-order valence-electron chi connectivity index (χ3n) is 3.84. The molecule has 0 spiro atoms. The van der Waals surface area contributed by atoms with Gasteiger partial charge in [0.25, 0.3) is 0 Å². The van der Waals surface area contributed by atoms with E-state index in [2.05, 4.69) is 26.8 Å². The molecule has 0 bridgehead atoms. The molecule has 2 aromatic carbocycles. The van der Waals surface area contributed by atoms with Gasteiger partial charge in [0.2, 0.25) is 0 Å². The molecular weight excluding hydrogens is 232 g/mol. The Bertz CT molecular complexity index is 529. The van der Waals surface area contributed by atoms with E-state index in [1.807, 2.05) is 42.5 Å². The first-order chi connectivity index (χ1) is 9.08. The Labute approximate surface area is 115 Å². The van der Waals surface area contributed by atoms with Gasteiger partial charge < -0.3 is 5.11 Å². The van der Waals surface area contributed by atoms with E-state index in [0.717, 1.165) is 17.5 Å². The predicted molar refractivity (Wildman–Crippen MR) is 81.2 cm³/mol. The summed E-state index contributed by atoms with van der Waals surface area (Å²) in [7, 11) is 0. The fourth-order valence-electron chi connectivity index (χ4n) is 2.17. The molecule has 1 N–H and O–H groups in total. The summed E-state index contributed by atoms with van der Waals surface area (Å²) in [6.45, 7) is 6.78. The summed E-state index contributed by atoms with van der Waals surface area (Å²) in [6.07, 6.45) is 1.05. The SMILES string of the molecule is CC(C)C(C)Cc1ccc(O)c(-c2ccccc2)c1. The maximum absolute atomic E-state index is 10.0. The maximum Gasteiger partial charge on any atom is 0.123 e. The van der Waals surface area contributed by atoms with Crippen LogP contribution in [0.25, 0.3) is 11.1 Å². The molecule has 2 aromatic rings. The van der Waals surface area contributed by atoms with Gasteiger partial charge in [-0.05, 0) is 41.5 Å². The van der Waals surface area contributed by atoms with Crippen molar-refractivity contribution in [3.8, 4) is 16.9 Å². The zero-order valence-electron chi connectivity index (χ0n) is 11.9. The van der Waals surface area contributed by atoms with Crippen LogP contribution >= 0.6 is 0 Å². The average molecular weight is 254 g/mol. The molecule has 0 saturated carbocycles. The lowest BCUT2D eigenvalue weighted by molar-refractivity contribution is 0.417. The molecular formula is C18H22O. The van der Waals surface area contributed by atoms with E-state index >= 15 is 0 Å². The highest BCUT2D eigenvalue weighted by atomic mass is 16.3. The lowest BCUT2D eigenvalue weighted by Gasteiger charge is -2.16. The Morgan fingerprint density at radius 3 is 2.26 bits per heavy atom. The number of aromatic hydroxyl groups is 1. The minimum absolute atomic E-state index is 0.354. The van der Waals surface area contributed by atoms with Crippen molar-refractivity contribution in [2.24, 2.45) is 11.8 Å². The monoisotopic (exact) mass is 254 g/mol. The summed E-state index contributed by atoms with van der Waals surface area (Å²) in [5, 5.41) is 10.0. The van der Waals surface area contributed by atoms with Crippen LogP contribution < -0.4 is 0 Å². The molecule has 0 radical (unpaired) electrons. The van der Waals surface area contributed by atoms with Gasteiger partial charge in [0, 0.05) is 5.56 Å². The van der Waals surface area contributed by atoms with Crippen molar-refractivity contribution < 1.29 is 5.11 Å². The van der Waals surface area contributed by atoms with Crippen molar-refractivity contribution in [1.29, 1.82) is 0 Å². The molecule has 1 heteroatoms. The van der Waals surface area contributed by atoms with Crippen molar-refractivity contribution in [3.63, 3.8) is 0 Å². The first-order valence-corrected chi connectivity index (χ1v) is 6.95. The van der Waals surface area contributed by atoms with Crippen LogP contribution in [0.3, 0.4) is 0 Å². The van der Waals surface area contributed by atoms with Gasteiger partial charge in [0.1, 0.15) is 5.75 Å². The Hall–Kier alpha value is -1.76. The summed E-state index contributed by atoms with van der Waals surface area (Å²) >= 11 is 0. The summed E-state index contributed by atoms with van der Waals surface area (Å²) in [4.78, 5) is 0. The third-order valence-corrected chi connectivity index (χ3v) is 3.84. The van der Waals surface area contributed by atoms with E-state index in [9.17, 15) is 5.11 Å². The number of hydrogen-bond donors (Lipinski definition) is 1. The fourth-order valence-corrected chi connectivity index (χ4v) is 2.17. The van der Waals surface area contributed by atoms with E-state index < -0.39 is 0 Å². The quantitative estimate of drug-likeness (QED) is 0.823. The molecule has 0 fully saturated rings. The molecule has 0 aliphatic carbocycles. The Kier molecular flexibility index (Phi) is 4.26. The van der Waals surface area contributed by atoms with Crippen LogP contribution in [0.5, 0.6) is 5.75 Å². The van der Waals surface area contributed by atoms with Crippen molar-refractivity contribution >= 4 is 0 Å². The van der Waals surface area contributed by atoms with Gasteiger partial charge in [-0.15, -0.1) is 0 Å². The highest BCUT2D eigenvalue weighted by Gasteiger charge is 2.10. The molecule has 1 atom stereocenters. The first-order valence-electron chi connectivity index (χ1n) is 6.95. The second-order valence-corrected chi connectivity index (χ2v) is 5.64. The number of phenolic OH excluding ortho intramolecular Hbond substituents is 1. The van der Waals surface area contributed by atoms with Crippen LogP contribution in [0, 0.1) is 11.8 Å². The van der Waals surface area contributed by atoms with E-state index in [0.29, 0.717) is 17.6 Å². The average Bonchev–Trinajstić information content (AvgIpc) is 2.41. The second kappa shape index (κ2) is 5.92. The summed E-state index contributed by atoms with van der Waals surface area (Å²) in [6, 6.07) is 16.0. The van der Waals surface area contributed by atoms with Gasteiger partial charge >= 0.3 is 0 Å². The van der Waals surface area contributed by atoms with Crippen molar-refractivity contribution in [3.05, 3.63) is 54.1 Å². The normalized spacial score (nSPS) is 12.6. The smallest absolute Gasteiger partial charge is 0.123 e. The molecule has 0 aliphatic rings. The first kappa shape index (κ1) is 13.7. The van der Waals surface area contributed by atoms with Crippen LogP contribution in [0.4, 0.5) is 0 Å². The molecule has 19 heavy (non-hydrogen) atoms. The van der Waals surface area contributed by atoms with Crippen molar-refractivity contribution in [2.45, 2.75) is 27.2 Å². The van der Waals surface area contributed by atoms with Crippen molar-refractivity contribution in [2.75, 3.05) is 0 Å². The maximum atomic E-state index is 10.0. The topological polar surface area (TPSA) is 20.2 Å². The second-order valence-electron chi connectivity index (χ2n) is 5.64. The summed E-state index contributed by atoms with van der Waals surface area (Å²) in [5.74, 6) is 1.68. The lowest BCUT2D eigenvalue weighted by Crippen LogP contribution is -2.07. The number of rotatable bonds is 4. The zero-order chi connectivity index (χ0) is 13.8. The van der Waals surface area contributed by atoms with Crippen molar-refractivity contribution in [1.82, 2.24) is 0 Å². The number of phenols is 1. The Balaban J connectivity index is 2.30. The van der Waals surface area contributed by atoms with Crippen LogP contribution in [0.2, 0.25) is 0 Å². The van der Waals surface area contributed by atoms with E-state index in [1.165, 1.54) is 5.56 Å². The van der Waals surface area contributed by atoms with Gasteiger partial charge in [-0.1, -0.05) is 57.2 Å². The molecule has 0 heterocycles. The van der Waals surface area contributed by atoms with Crippen LogP contribution in [0.1, 0.15) is 26.3 Å². The highest BCUT2D eigenvalue weighted by Crippen LogP contribution is 2.31. The van der Waals surface area contributed by atoms with E-state index in [-0.39, 0.29) is 0 Å². The molecule has 1 unspecified atom stereocenters. The predicted octanol–water partition coefficient (Wildman–Crippen LogP) is 4.89. The van der Waals surface area contributed by atoms with Gasteiger partial charge in [-0.2, -0.15) is 0 Å². The van der Waals surface area contributed by atoms with E-state index in [4.69, 9.17) is 0 Å². The third kappa shape index (κ3) is 3.37. The lowest BCUT2D eigenvalue weighted by atomic mass is 9.90. The number of benzene rings is 2. The molecule has 0 amide bonds. The van der Waals surface area contributed by atoms with Gasteiger partial charge in [0.15, 0.2) is 0 Å². The minimum Gasteiger partial charge on any atom is -0.507 e. The largest absolute Gasteiger partial charge is 0.507 e. The van der Waals surface area contributed by atoms with Crippen LogP contribution in [0.15, 0.2) is 48.5 Å². The highest BCUT2D eigenvalue weighted by molar-refractivity contribution is 5.70. The summed E-state index contributed by atoms with van der Waals surface area (Å²) in [5.41, 5.74) is 3.28. The Morgan fingerprint density at radius 1 is 0.947 bits per heavy atom. The Morgan fingerprint density at radius 2 is 1.63 bits per heavy atom.